The second-order valence-electron chi connectivity index (χ2n) is 5.49. The number of pyridine rings is 1. The highest BCUT2D eigenvalue weighted by Gasteiger charge is 2.16. The van der Waals surface area contributed by atoms with Gasteiger partial charge in [-0.1, -0.05) is 12.1 Å². The first-order valence-electron chi connectivity index (χ1n) is 8.55. The second-order valence-corrected chi connectivity index (χ2v) is 5.49. The molecule has 7 nitrogen and oxygen atoms in total. The maximum Gasteiger partial charge on any atom is 0.387 e. The number of carbonyl (C=O) groups is 2. The molecule has 1 N–H and O–H groups in total. The molecule has 0 aliphatic rings. The number of aromatic nitrogens is 1. The van der Waals surface area contributed by atoms with Crippen molar-refractivity contribution in [2.75, 3.05) is 19.8 Å². The van der Waals surface area contributed by atoms with E-state index in [-0.39, 0.29) is 17.2 Å². The number of benzene rings is 1. The van der Waals surface area contributed by atoms with E-state index >= 15 is 0 Å². The Morgan fingerprint density at radius 3 is 2.61 bits per heavy atom. The van der Waals surface area contributed by atoms with Gasteiger partial charge in [0.2, 0.25) is 5.88 Å². The zero-order valence-electron chi connectivity index (χ0n) is 15.2. The molecule has 0 bridgehead atoms. The lowest BCUT2D eigenvalue weighted by atomic mass is 10.1. The van der Waals surface area contributed by atoms with E-state index in [0.717, 1.165) is 5.56 Å². The molecule has 0 unspecified atom stereocenters. The molecule has 1 aromatic heterocycles. The molecule has 150 valence electrons. The number of nitrogens with zero attached hydrogens (tertiary/aromatic N) is 1. The van der Waals surface area contributed by atoms with E-state index < -0.39 is 25.1 Å². The molecule has 0 radical (unpaired) electrons. The van der Waals surface area contributed by atoms with Crippen LogP contribution in [0.1, 0.15) is 22.8 Å². The SMILES string of the molecule is CCOc1ncccc1C(=O)OCC(=O)NCCc1ccc(OC(F)F)cc1. The number of hydrogen-bond donors (Lipinski definition) is 1. The first-order chi connectivity index (χ1) is 13.5. The lowest BCUT2D eigenvalue weighted by Gasteiger charge is -2.09. The van der Waals surface area contributed by atoms with Gasteiger partial charge in [-0.25, -0.2) is 9.78 Å². The predicted octanol–water partition coefficient (Wildman–Crippen LogP) is 2.60. The molecule has 0 saturated heterocycles. The van der Waals surface area contributed by atoms with Gasteiger partial charge in [0.05, 0.1) is 6.61 Å². The predicted molar refractivity (Wildman–Crippen MR) is 95.5 cm³/mol. The van der Waals surface area contributed by atoms with E-state index in [1.807, 2.05) is 0 Å². The number of ether oxygens (including phenoxy) is 3. The summed E-state index contributed by atoms with van der Waals surface area (Å²) in [6, 6.07) is 9.17. The number of amides is 1. The average Bonchev–Trinajstić information content (AvgIpc) is 2.68. The number of esters is 1. The van der Waals surface area contributed by atoms with Crippen molar-refractivity contribution >= 4 is 11.9 Å². The number of halogens is 2. The first-order valence-corrected chi connectivity index (χ1v) is 8.55. The number of rotatable bonds is 10. The van der Waals surface area contributed by atoms with Crippen LogP contribution in [0.15, 0.2) is 42.6 Å². The van der Waals surface area contributed by atoms with Crippen molar-refractivity contribution in [1.29, 1.82) is 0 Å². The molecular formula is C19H20F2N2O5. The van der Waals surface area contributed by atoms with Crippen molar-refractivity contribution in [3.05, 3.63) is 53.7 Å². The lowest BCUT2D eigenvalue weighted by molar-refractivity contribution is -0.124. The van der Waals surface area contributed by atoms with E-state index in [4.69, 9.17) is 9.47 Å². The Hall–Kier alpha value is -3.23. The topological polar surface area (TPSA) is 86.8 Å². The molecule has 1 heterocycles. The summed E-state index contributed by atoms with van der Waals surface area (Å²) in [4.78, 5) is 27.8. The third-order valence-corrected chi connectivity index (χ3v) is 3.49. The van der Waals surface area contributed by atoms with Gasteiger partial charge in [-0.2, -0.15) is 8.78 Å². The molecule has 0 aliphatic heterocycles. The maximum absolute atomic E-state index is 12.1. The fraction of sp³-hybridized carbons (Fsp3) is 0.316. The summed E-state index contributed by atoms with van der Waals surface area (Å²) >= 11 is 0. The Morgan fingerprint density at radius 2 is 1.93 bits per heavy atom. The monoisotopic (exact) mass is 394 g/mol. The van der Waals surface area contributed by atoms with E-state index in [9.17, 15) is 18.4 Å². The van der Waals surface area contributed by atoms with Crippen LogP contribution in [-0.2, 0) is 16.0 Å². The molecule has 2 rings (SSSR count). The Morgan fingerprint density at radius 1 is 1.18 bits per heavy atom. The van der Waals surface area contributed by atoms with Crippen LogP contribution in [-0.4, -0.2) is 43.2 Å². The summed E-state index contributed by atoms with van der Waals surface area (Å²) < 4.78 is 38.7. The van der Waals surface area contributed by atoms with E-state index in [1.54, 1.807) is 25.1 Å². The molecule has 0 spiro atoms. The third-order valence-electron chi connectivity index (χ3n) is 3.49. The summed E-state index contributed by atoms with van der Waals surface area (Å²) in [6.45, 7) is -0.920. The molecule has 1 amide bonds. The summed E-state index contributed by atoms with van der Waals surface area (Å²) in [5.41, 5.74) is 0.971. The van der Waals surface area contributed by atoms with Crippen LogP contribution in [0.3, 0.4) is 0 Å². The van der Waals surface area contributed by atoms with E-state index in [1.165, 1.54) is 24.4 Å². The van der Waals surface area contributed by atoms with Crippen LogP contribution in [0.2, 0.25) is 0 Å². The van der Waals surface area contributed by atoms with Gasteiger partial charge in [0.1, 0.15) is 11.3 Å². The van der Waals surface area contributed by atoms with E-state index in [0.29, 0.717) is 19.6 Å². The summed E-state index contributed by atoms with van der Waals surface area (Å²) in [6.07, 6.45) is 1.96. The Labute approximate surface area is 160 Å². The summed E-state index contributed by atoms with van der Waals surface area (Å²) in [5, 5.41) is 2.61. The number of nitrogens with one attached hydrogen (secondary N) is 1. The number of carbonyl (C=O) groups excluding carboxylic acids is 2. The van der Waals surface area contributed by atoms with Gasteiger partial charge in [-0.3, -0.25) is 4.79 Å². The van der Waals surface area contributed by atoms with Crippen LogP contribution in [0, 0.1) is 0 Å². The minimum Gasteiger partial charge on any atom is -0.477 e. The van der Waals surface area contributed by atoms with Gasteiger partial charge in [0.25, 0.3) is 5.91 Å². The van der Waals surface area contributed by atoms with Crippen molar-refractivity contribution < 1.29 is 32.6 Å². The fourth-order valence-corrected chi connectivity index (χ4v) is 2.24. The van der Waals surface area contributed by atoms with Crippen LogP contribution in [0.4, 0.5) is 8.78 Å². The molecule has 1 aromatic carbocycles. The molecular weight excluding hydrogens is 374 g/mol. The second kappa shape index (κ2) is 10.8. The summed E-state index contributed by atoms with van der Waals surface area (Å²) in [7, 11) is 0. The first kappa shape index (κ1) is 21.1. The quantitative estimate of drug-likeness (QED) is 0.624. The molecule has 28 heavy (non-hydrogen) atoms. The normalized spacial score (nSPS) is 10.4. The Kier molecular flexibility index (Phi) is 8.13. The highest BCUT2D eigenvalue weighted by atomic mass is 19.3. The Balaban J connectivity index is 1.73. The van der Waals surface area contributed by atoms with E-state index in [2.05, 4.69) is 15.0 Å². The van der Waals surface area contributed by atoms with Gasteiger partial charge >= 0.3 is 12.6 Å². The average molecular weight is 394 g/mol. The van der Waals surface area contributed by atoms with Crippen molar-refractivity contribution in [2.45, 2.75) is 20.0 Å². The van der Waals surface area contributed by atoms with Gasteiger partial charge < -0.3 is 19.5 Å². The number of alkyl halides is 2. The molecule has 0 saturated carbocycles. The summed E-state index contributed by atoms with van der Waals surface area (Å²) in [5.74, 6) is -0.958. The maximum atomic E-state index is 12.1. The van der Waals surface area contributed by atoms with Crippen LogP contribution in [0.5, 0.6) is 11.6 Å². The molecule has 9 heteroatoms. The van der Waals surface area contributed by atoms with Gasteiger partial charge in [-0.15, -0.1) is 0 Å². The smallest absolute Gasteiger partial charge is 0.387 e. The van der Waals surface area contributed by atoms with Crippen LogP contribution < -0.4 is 14.8 Å². The van der Waals surface area contributed by atoms with Gasteiger partial charge in [0, 0.05) is 12.7 Å². The van der Waals surface area contributed by atoms with Gasteiger partial charge in [0.15, 0.2) is 6.61 Å². The Bertz CT molecular complexity index is 784. The fourth-order valence-electron chi connectivity index (χ4n) is 2.24. The van der Waals surface area contributed by atoms with Crippen molar-refractivity contribution in [3.8, 4) is 11.6 Å². The lowest BCUT2D eigenvalue weighted by Crippen LogP contribution is -2.30. The zero-order chi connectivity index (χ0) is 20.4. The largest absolute Gasteiger partial charge is 0.477 e. The standard InChI is InChI=1S/C19H20F2N2O5/c1-2-26-17-15(4-3-10-23-17)18(25)27-12-16(24)22-11-9-13-5-7-14(8-6-13)28-19(20)21/h3-8,10,19H,2,9,11-12H2,1H3,(H,22,24). The minimum atomic E-state index is -2.87. The molecule has 2 aromatic rings. The van der Waals surface area contributed by atoms with Crippen molar-refractivity contribution in [1.82, 2.24) is 10.3 Å². The van der Waals surface area contributed by atoms with Crippen LogP contribution in [0.25, 0.3) is 0 Å². The molecule has 0 atom stereocenters. The van der Waals surface area contributed by atoms with Crippen LogP contribution >= 0.6 is 0 Å². The third kappa shape index (κ3) is 6.82. The minimum absolute atomic E-state index is 0.0662. The van der Waals surface area contributed by atoms with Crippen molar-refractivity contribution in [3.63, 3.8) is 0 Å². The highest BCUT2D eigenvalue weighted by Crippen LogP contribution is 2.16. The number of hydrogen-bond acceptors (Lipinski definition) is 6. The van der Waals surface area contributed by atoms with Crippen molar-refractivity contribution in [2.24, 2.45) is 0 Å². The highest BCUT2D eigenvalue weighted by molar-refractivity contribution is 5.93. The zero-order valence-corrected chi connectivity index (χ0v) is 15.2. The molecule has 0 aliphatic carbocycles. The molecule has 0 fully saturated rings. The van der Waals surface area contributed by atoms with Gasteiger partial charge in [-0.05, 0) is 43.2 Å².